The minimum Gasteiger partial charge on any atom is -0.446 e. The van der Waals surface area contributed by atoms with Gasteiger partial charge >= 0.3 is 12.1 Å². The van der Waals surface area contributed by atoms with Crippen molar-refractivity contribution in [2.75, 3.05) is 31.5 Å². The number of ether oxygens (including phenoxy) is 1. The number of nitrogens with two attached hydrogens (primary N) is 1. The van der Waals surface area contributed by atoms with Gasteiger partial charge in [0.2, 0.25) is 0 Å². The molecule has 4 N–H and O–H groups in total. The summed E-state index contributed by atoms with van der Waals surface area (Å²) < 4.78 is 19.6. The van der Waals surface area contributed by atoms with Crippen LogP contribution in [-0.2, 0) is 9.53 Å². The number of nitrogens with one attached hydrogen (secondary N) is 2. The molecule has 1 aliphatic carbocycles. The molecule has 3 rings (SSSR count). The van der Waals surface area contributed by atoms with Gasteiger partial charge in [-0.1, -0.05) is 33.3 Å². The van der Waals surface area contributed by atoms with Crippen molar-refractivity contribution in [3.63, 3.8) is 0 Å². The van der Waals surface area contributed by atoms with Crippen molar-refractivity contribution in [2.45, 2.75) is 58.7 Å². The van der Waals surface area contributed by atoms with Crippen molar-refractivity contribution in [1.82, 2.24) is 15.1 Å². The van der Waals surface area contributed by atoms with Crippen molar-refractivity contribution in [1.29, 1.82) is 0 Å². The zero-order chi connectivity index (χ0) is 25.5. The number of anilines is 1. The Morgan fingerprint density at radius 3 is 2.63 bits per heavy atom. The second kappa shape index (κ2) is 12.2. The fourth-order valence-corrected chi connectivity index (χ4v) is 5.01. The van der Waals surface area contributed by atoms with E-state index in [9.17, 15) is 18.8 Å². The molecule has 0 radical (unpaired) electrons. The Labute approximate surface area is 206 Å². The maximum atomic E-state index is 13.6. The lowest BCUT2D eigenvalue weighted by Crippen LogP contribution is -2.64. The second-order valence-electron chi connectivity index (χ2n) is 9.88. The van der Waals surface area contributed by atoms with E-state index in [1.54, 1.807) is 6.07 Å². The predicted molar refractivity (Wildman–Crippen MR) is 131 cm³/mol. The summed E-state index contributed by atoms with van der Waals surface area (Å²) in [6.45, 7) is 7.36. The number of rotatable bonds is 6. The molecule has 35 heavy (non-hydrogen) atoms. The van der Waals surface area contributed by atoms with Crippen LogP contribution in [0.15, 0.2) is 24.3 Å². The van der Waals surface area contributed by atoms with Gasteiger partial charge in [0, 0.05) is 31.9 Å². The van der Waals surface area contributed by atoms with E-state index in [1.165, 1.54) is 28.0 Å². The maximum Gasteiger partial charge on any atom is 0.412 e. The highest BCUT2D eigenvalue weighted by molar-refractivity contribution is 5.95. The molecule has 9 nitrogen and oxygen atoms in total. The Kier molecular flexibility index (Phi) is 9.31. The molecule has 1 saturated heterocycles. The number of benzene rings is 1. The van der Waals surface area contributed by atoms with Gasteiger partial charge in [0.25, 0.3) is 5.91 Å². The van der Waals surface area contributed by atoms with E-state index in [0.29, 0.717) is 18.3 Å². The zero-order valence-electron chi connectivity index (χ0n) is 20.8. The number of hydrogen-bond donors (Lipinski definition) is 3. The fraction of sp³-hybridized carbons (Fsp3) is 0.640. The van der Waals surface area contributed by atoms with Crippen LogP contribution >= 0.6 is 0 Å². The number of nitrogens with zero attached hydrogens (tertiary/aromatic N) is 2. The standard InChI is InChI=1S/C25H38FN5O4/c1-16(2)20-9-8-17(3)14-21(20)35-25(34)31-13-5-12-30(23(31)22(32)28-11-10-27)24(33)29-19-7-4-6-18(26)15-19/h4,6-7,15-17,20-21,23H,5,8-14,27H2,1-3H3,(H,28,32)(H,29,33). The SMILES string of the molecule is CC1CCC(C(C)C)C(OC(=O)N2CCCN(C(=O)Nc3cccc(F)c3)C2C(=O)NCCN)C1. The van der Waals surface area contributed by atoms with Gasteiger partial charge in [-0.05, 0) is 55.2 Å². The molecule has 4 unspecified atom stereocenters. The lowest BCUT2D eigenvalue weighted by Gasteiger charge is -2.43. The summed E-state index contributed by atoms with van der Waals surface area (Å²) in [5.41, 5.74) is 5.80. The molecule has 194 valence electrons. The van der Waals surface area contributed by atoms with E-state index in [2.05, 4.69) is 31.4 Å². The van der Waals surface area contributed by atoms with Gasteiger partial charge in [0.15, 0.2) is 6.17 Å². The molecule has 0 spiro atoms. The predicted octanol–water partition coefficient (Wildman–Crippen LogP) is 3.36. The average Bonchev–Trinajstić information content (AvgIpc) is 2.81. The number of carbonyl (C=O) groups excluding carboxylic acids is 3. The molecule has 10 heteroatoms. The lowest BCUT2D eigenvalue weighted by atomic mass is 9.75. The first-order chi connectivity index (χ1) is 16.7. The van der Waals surface area contributed by atoms with E-state index in [-0.39, 0.29) is 43.9 Å². The molecule has 0 bridgehead atoms. The van der Waals surface area contributed by atoms with Crippen LogP contribution in [0.5, 0.6) is 0 Å². The van der Waals surface area contributed by atoms with Gasteiger partial charge in [-0.2, -0.15) is 0 Å². The second-order valence-corrected chi connectivity index (χ2v) is 9.88. The van der Waals surface area contributed by atoms with Crippen LogP contribution in [0.2, 0.25) is 0 Å². The van der Waals surface area contributed by atoms with E-state index in [1.807, 2.05) is 0 Å². The van der Waals surface area contributed by atoms with Gasteiger partial charge in [-0.3, -0.25) is 14.6 Å². The summed E-state index contributed by atoms with van der Waals surface area (Å²) in [5.74, 6) is 0.0428. The zero-order valence-corrected chi connectivity index (χ0v) is 20.8. The van der Waals surface area contributed by atoms with Crippen LogP contribution in [0.25, 0.3) is 0 Å². The largest absolute Gasteiger partial charge is 0.446 e. The highest BCUT2D eigenvalue weighted by Crippen LogP contribution is 2.36. The molecule has 2 aliphatic rings. The molecular formula is C25H38FN5O4. The van der Waals surface area contributed by atoms with Crippen LogP contribution in [0.4, 0.5) is 19.7 Å². The Hall–Kier alpha value is -2.88. The van der Waals surface area contributed by atoms with E-state index in [4.69, 9.17) is 10.5 Å². The third kappa shape index (κ3) is 6.84. The first kappa shape index (κ1) is 26.7. The molecule has 1 aromatic carbocycles. The van der Waals surface area contributed by atoms with Crippen molar-refractivity contribution in [3.8, 4) is 0 Å². The Balaban J connectivity index is 1.80. The Bertz CT molecular complexity index is 898. The number of halogens is 1. The molecular weight excluding hydrogens is 453 g/mol. The number of urea groups is 1. The monoisotopic (exact) mass is 491 g/mol. The minimum atomic E-state index is -1.20. The van der Waals surface area contributed by atoms with E-state index < -0.39 is 30.0 Å². The molecule has 4 atom stereocenters. The van der Waals surface area contributed by atoms with Crippen LogP contribution in [0.3, 0.4) is 0 Å². The maximum absolute atomic E-state index is 13.6. The molecule has 1 saturated carbocycles. The van der Waals surface area contributed by atoms with Gasteiger partial charge in [-0.25, -0.2) is 14.0 Å². The molecule has 0 aromatic heterocycles. The first-order valence-corrected chi connectivity index (χ1v) is 12.5. The van der Waals surface area contributed by atoms with Gasteiger partial charge < -0.3 is 21.1 Å². The van der Waals surface area contributed by atoms with Crippen molar-refractivity contribution < 1.29 is 23.5 Å². The fourth-order valence-electron chi connectivity index (χ4n) is 5.01. The quantitative estimate of drug-likeness (QED) is 0.564. The van der Waals surface area contributed by atoms with E-state index in [0.717, 1.165) is 19.3 Å². The molecule has 1 heterocycles. The van der Waals surface area contributed by atoms with Gasteiger partial charge in [-0.15, -0.1) is 0 Å². The third-order valence-electron chi connectivity index (χ3n) is 6.85. The Morgan fingerprint density at radius 2 is 1.94 bits per heavy atom. The lowest BCUT2D eigenvalue weighted by molar-refractivity contribution is -0.133. The van der Waals surface area contributed by atoms with Gasteiger partial charge in [0.05, 0.1) is 0 Å². The highest BCUT2D eigenvalue weighted by Gasteiger charge is 2.43. The third-order valence-corrected chi connectivity index (χ3v) is 6.85. The van der Waals surface area contributed by atoms with Crippen LogP contribution in [0, 0.1) is 23.6 Å². The summed E-state index contributed by atoms with van der Waals surface area (Å²) in [6, 6.07) is 4.89. The topological polar surface area (TPSA) is 117 Å². The molecule has 1 aromatic rings. The number of carbonyl (C=O) groups is 3. The number of amides is 4. The highest BCUT2D eigenvalue weighted by atomic mass is 19.1. The van der Waals surface area contributed by atoms with Crippen molar-refractivity contribution >= 4 is 23.7 Å². The minimum absolute atomic E-state index is 0.202. The van der Waals surface area contributed by atoms with Crippen LogP contribution in [0.1, 0.15) is 46.5 Å². The Morgan fingerprint density at radius 1 is 1.20 bits per heavy atom. The molecule has 2 fully saturated rings. The van der Waals surface area contributed by atoms with Crippen LogP contribution in [-0.4, -0.2) is 66.3 Å². The average molecular weight is 492 g/mol. The van der Waals surface area contributed by atoms with Gasteiger partial charge in [0.1, 0.15) is 11.9 Å². The summed E-state index contributed by atoms with van der Waals surface area (Å²) in [5, 5.41) is 5.31. The smallest absolute Gasteiger partial charge is 0.412 e. The van der Waals surface area contributed by atoms with Crippen molar-refractivity contribution in [3.05, 3.63) is 30.1 Å². The van der Waals surface area contributed by atoms with Crippen LogP contribution < -0.4 is 16.4 Å². The summed E-state index contributed by atoms with van der Waals surface area (Å²) >= 11 is 0. The van der Waals surface area contributed by atoms with E-state index >= 15 is 0 Å². The number of hydrogen-bond acceptors (Lipinski definition) is 5. The first-order valence-electron chi connectivity index (χ1n) is 12.5. The summed E-state index contributed by atoms with van der Waals surface area (Å²) in [4.78, 5) is 42.2. The molecule has 1 aliphatic heterocycles. The normalized spacial score (nSPS) is 24.7. The summed E-state index contributed by atoms with van der Waals surface area (Å²) in [6.07, 6.45) is 1.28. The van der Waals surface area contributed by atoms with Crippen molar-refractivity contribution in [2.24, 2.45) is 23.5 Å². The summed E-state index contributed by atoms with van der Waals surface area (Å²) in [7, 11) is 0. The molecule has 4 amide bonds.